The first kappa shape index (κ1) is 22.2. The fraction of sp³-hybridized carbons (Fsp3) is 0.526. The van der Waals surface area contributed by atoms with Gasteiger partial charge in [0.15, 0.2) is 5.96 Å². The maximum absolute atomic E-state index is 12.8. The summed E-state index contributed by atoms with van der Waals surface area (Å²) in [6.07, 6.45) is 0.838. The highest BCUT2D eigenvalue weighted by atomic mass is 35.5. The van der Waals surface area contributed by atoms with Crippen molar-refractivity contribution in [2.45, 2.75) is 32.1 Å². The van der Waals surface area contributed by atoms with Gasteiger partial charge in [0.2, 0.25) is 0 Å². The Bertz CT molecular complexity index is 854. The zero-order valence-electron chi connectivity index (χ0n) is 16.8. The van der Waals surface area contributed by atoms with E-state index in [1.165, 1.54) is 0 Å². The number of aliphatic imine (C=N–C) groups is 1. The van der Waals surface area contributed by atoms with Crippen molar-refractivity contribution in [2.75, 3.05) is 31.6 Å². The van der Waals surface area contributed by atoms with Crippen LogP contribution < -0.4 is 15.5 Å². The number of nitrogens with one attached hydrogen (secondary N) is 2. The van der Waals surface area contributed by atoms with E-state index in [2.05, 4.69) is 32.6 Å². The summed E-state index contributed by atoms with van der Waals surface area (Å²) in [5.74, 6) is 1.39. The lowest BCUT2D eigenvalue weighted by atomic mass is 10.2. The van der Waals surface area contributed by atoms with Gasteiger partial charge in [-0.2, -0.15) is 18.3 Å². The molecular weight excluding hydrogens is 419 g/mol. The average Bonchev–Trinajstić information content (AvgIpc) is 3.36. The van der Waals surface area contributed by atoms with E-state index < -0.39 is 11.7 Å². The Kier molecular flexibility index (Phi) is 7.06. The number of anilines is 1. The number of aromatic nitrogens is 3. The Hall–Kier alpha value is -2.49. The average molecular weight is 444 g/mol. The molecule has 2 aromatic heterocycles. The van der Waals surface area contributed by atoms with Crippen LogP contribution in [0.1, 0.15) is 18.9 Å². The molecule has 3 heterocycles. The van der Waals surface area contributed by atoms with Crippen LogP contribution in [-0.4, -0.2) is 53.4 Å². The van der Waals surface area contributed by atoms with Gasteiger partial charge in [0.25, 0.3) is 0 Å². The van der Waals surface area contributed by atoms with Crippen LogP contribution >= 0.6 is 11.6 Å². The lowest BCUT2D eigenvalue weighted by molar-refractivity contribution is -0.137. The predicted molar refractivity (Wildman–Crippen MR) is 111 cm³/mol. The van der Waals surface area contributed by atoms with Crippen molar-refractivity contribution < 1.29 is 13.2 Å². The minimum atomic E-state index is -4.46. The number of nitrogens with zero attached hydrogens (tertiary/aromatic N) is 5. The summed E-state index contributed by atoms with van der Waals surface area (Å²) >= 11 is 6.07. The molecule has 11 heteroatoms. The van der Waals surface area contributed by atoms with Gasteiger partial charge in [-0.15, -0.1) is 0 Å². The zero-order chi connectivity index (χ0) is 21.7. The molecule has 0 aliphatic carbocycles. The SMILES string of the molecule is CN=C(NCC(C)Cn1cccn1)NC1CCN(c2ncc(C(F)(F)F)cc2Cl)C1. The molecule has 0 amide bonds. The number of hydrogen-bond acceptors (Lipinski definition) is 4. The molecule has 1 aliphatic heterocycles. The van der Waals surface area contributed by atoms with Gasteiger partial charge in [-0.1, -0.05) is 18.5 Å². The maximum Gasteiger partial charge on any atom is 0.417 e. The predicted octanol–water partition coefficient (Wildman–Crippen LogP) is 3.03. The van der Waals surface area contributed by atoms with E-state index in [1.807, 2.05) is 21.8 Å². The highest BCUT2D eigenvalue weighted by Gasteiger charge is 2.33. The Morgan fingerprint density at radius 3 is 2.87 bits per heavy atom. The molecule has 2 aromatic rings. The van der Waals surface area contributed by atoms with Crippen molar-refractivity contribution in [2.24, 2.45) is 10.9 Å². The van der Waals surface area contributed by atoms with Crippen molar-refractivity contribution in [3.63, 3.8) is 0 Å². The second-order valence-corrected chi connectivity index (χ2v) is 7.80. The number of rotatable bonds is 6. The number of alkyl halides is 3. The van der Waals surface area contributed by atoms with Gasteiger partial charge in [-0.05, 0) is 24.5 Å². The van der Waals surface area contributed by atoms with E-state index >= 15 is 0 Å². The molecule has 0 radical (unpaired) electrons. The van der Waals surface area contributed by atoms with Gasteiger partial charge < -0.3 is 15.5 Å². The van der Waals surface area contributed by atoms with Gasteiger partial charge in [-0.3, -0.25) is 9.67 Å². The number of halogens is 4. The first-order valence-corrected chi connectivity index (χ1v) is 10.1. The van der Waals surface area contributed by atoms with E-state index in [-0.39, 0.29) is 11.1 Å². The molecular formula is C19H25ClF3N7. The minimum absolute atomic E-state index is 0.000397. The molecule has 164 valence electrons. The smallest absolute Gasteiger partial charge is 0.356 e. The first-order valence-electron chi connectivity index (χ1n) is 9.68. The van der Waals surface area contributed by atoms with E-state index in [0.29, 0.717) is 30.8 Å². The van der Waals surface area contributed by atoms with E-state index in [4.69, 9.17) is 11.6 Å². The molecule has 2 atom stereocenters. The van der Waals surface area contributed by atoms with Gasteiger partial charge in [0.05, 0.1) is 10.6 Å². The molecule has 3 rings (SSSR count). The quantitative estimate of drug-likeness (QED) is 0.530. The van der Waals surface area contributed by atoms with Crippen LogP contribution in [0, 0.1) is 5.92 Å². The first-order chi connectivity index (χ1) is 14.3. The third-order valence-corrected chi connectivity index (χ3v) is 5.16. The molecule has 1 fully saturated rings. The van der Waals surface area contributed by atoms with Crippen LogP contribution in [0.5, 0.6) is 0 Å². The summed E-state index contributed by atoms with van der Waals surface area (Å²) in [7, 11) is 1.70. The second kappa shape index (κ2) is 9.55. The lowest BCUT2D eigenvalue weighted by Crippen LogP contribution is -2.46. The van der Waals surface area contributed by atoms with Crippen LogP contribution in [0.2, 0.25) is 5.02 Å². The lowest BCUT2D eigenvalue weighted by Gasteiger charge is -2.21. The Balaban J connectivity index is 1.51. The topological polar surface area (TPSA) is 70.4 Å². The zero-order valence-corrected chi connectivity index (χ0v) is 17.6. The molecule has 1 aliphatic rings. The Morgan fingerprint density at radius 1 is 1.43 bits per heavy atom. The van der Waals surface area contributed by atoms with E-state index in [1.54, 1.807) is 13.2 Å². The van der Waals surface area contributed by atoms with Crippen molar-refractivity contribution in [3.05, 3.63) is 41.3 Å². The highest BCUT2D eigenvalue weighted by Crippen LogP contribution is 2.34. The summed E-state index contributed by atoms with van der Waals surface area (Å²) in [5.41, 5.74) is -0.848. The molecule has 2 unspecified atom stereocenters. The van der Waals surface area contributed by atoms with E-state index in [9.17, 15) is 13.2 Å². The molecule has 0 bridgehead atoms. The molecule has 0 spiro atoms. The van der Waals surface area contributed by atoms with Gasteiger partial charge in [0, 0.05) is 57.9 Å². The molecule has 30 heavy (non-hydrogen) atoms. The largest absolute Gasteiger partial charge is 0.417 e. The fourth-order valence-corrected chi connectivity index (χ4v) is 3.63. The van der Waals surface area contributed by atoms with Crippen molar-refractivity contribution in [1.29, 1.82) is 0 Å². The highest BCUT2D eigenvalue weighted by molar-refractivity contribution is 6.33. The van der Waals surface area contributed by atoms with Crippen LogP contribution in [0.15, 0.2) is 35.7 Å². The molecule has 2 N–H and O–H groups in total. The Labute approximate surface area is 178 Å². The molecule has 7 nitrogen and oxygen atoms in total. The third-order valence-electron chi connectivity index (χ3n) is 4.88. The summed E-state index contributed by atoms with van der Waals surface area (Å²) in [5, 5.41) is 10.9. The van der Waals surface area contributed by atoms with Gasteiger partial charge in [0.1, 0.15) is 5.82 Å². The summed E-state index contributed by atoms with van der Waals surface area (Å²) in [6.45, 7) is 4.86. The van der Waals surface area contributed by atoms with Crippen molar-refractivity contribution in [1.82, 2.24) is 25.4 Å². The normalized spacial score (nSPS) is 18.5. The van der Waals surface area contributed by atoms with Gasteiger partial charge in [-0.25, -0.2) is 4.98 Å². The van der Waals surface area contributed by atoms with E-state index in [0.717, 1.165) is 31.8 Å². The fourth-order valence-electron chi connectivity index (χ4n) is 3.34. The molecule has 0 saturated carbocycles. The monoisotopic (exact) mass is 443 g/mol. The summed E-state index contributed by atoms with van der Waals surface area (Å²) in [4.78, 5) is 10.1. The summed E-state index contributed by atoms with van der Waals surface area (Å²) < 4.78 is 40.3. The maximum atomic E-state index is 12.8. The molecule has 0 aromatic carbocycles. The van der Waals surface area contributed by atoms with Crippen molar-refractivity contribution in [3.8, 4) is 0 Å². The molecule has 1 saturated heterocycles. The Morgan fingerprint density at radius 2 is 2.23 bits per heavy atom. The minimum Gasteiger partial charge on any atom is -0.356 e. The number of pyridine rings is 1. The van der Waals surface area contributed by atoms with Crippen LogP contribution in [-0.2, 0) is 12.7 Å². The number of hydrogen-bond donors (Lipinski definition) is 2. The standard InChI is InChI=1S/C19H25ClF3N7/c1-13(11-30-6-3-5-27-30)9-26-18(24-2)28-15-4-7-29(12-15)17-16(20)8-14(10-25-17)19(21,22)23/h3,5-6,8,10,13,15H,4,7,9,11-12H2,1-2H3,(H2,24,26,28). The number of guanidine groups is 1. The van der Waals surface area contributed by atoms with Crippen molar-refractivity contribution >= 4 is 23.4 Å². The van der Waals surface area contributed by atoms with Crippen LogP contribution in [0.4, 0.5) is 19.0 Å². The van der Waals surface area contributed by atoms with Gasteiger partial charge >= 0.3 is 6.18 Å². The second-order valence-electron chi connectivity index (χ2n) is 7.39. The summed E-state index contributed by atoms with van der Waals surface area (Å²) in [6, 6.07) is 2.90. The van der Waals surface area contributed by atoms with Crippen LogP contribution in [0.3, 0.4) is 0 Å². The third kappa shape index (κ3) is 5.78. The van der Waals surface area contributed by atoms with Crippen LogP contribution in [0.25, 0.3) is 0 Å².